The highest BCUT2D eigenvalue weighted by Gasteiger charge is 2.22. The Balaban J connectivity index is 1.86. The number of carbonyl (C=O) groups excluding carboxylic acids is 1. The van der Waals surface area contributed by atoms with Crippen LogP contribution in [0.2, 0.25) is 0 Å². The van der Waals surface area contributed by atoms with Crippen LogP contribution in [0.25, 0.3) is 0 Å². The summed E-state index contributed by atoms with van der Waals surface area (Å²) in [7, 11) is 0. The van der Waals surface area contributed by atoms with Gasteiger partial charge in [0.2, 0.25) is 5.91 Å². The molecule has 0 aromatic heterocycles. The van der Waals surface area contributed by atoms with Gasteiger partial charge in [-0.3, -0.25) is 4.79 Å². The molecule has 0 aliphatic heterocycles. The fourth-order valence-corrected chi connectivity index (χ4v) is 3.61. The van der Waals surface area contributed by atoms with Crippen molar-refractivity contribution < 1.29 is 4.79 Å². The van der Waals surface area contributed by atoms with Gasteiger partial charge < -0.3 is 5.32 Å². The second-order valence-electron chi connectivity index (χ2n) is 4.86. The van der Waals surface area contributed by atoms with E-state index in [2.05, 4.69) is 11.4 Å². The Labute approximate surface area is 118 Å². The predicted octanol–water partition coefficient (Wildman–Crippen LogP) is 3.56. The summed E-state index contributed by atoms with van der Waals surface area (Å²) in [6.45, 7) is 1.96. The van der Waals surface area contributed by atoms with E-state index in [0.29, 0.717) is 10.8 Å². The number of nitrogens with zero attached hydrogens (tertiary/aromatic N) is 1. The highest BCUT2D eigenvalue weighted by molar-refractivity contribution is 8.01. The molecule has 19 heavy (non-hydrogen) atoms. The summed E-state index contributed by atoms with van der Waals surface area (Å²) in [6.07, 6.45) is 5.06. The zero-order valence-corrected chi connectivity index (χ0v) is 11.9. The molecule has 1 aliphatic rings. The predicted molar refractivity (Wildman–Crippen MR) is 79.1 cm³/mol. The van der Waals surface area contributed by atoms with Crippen molar-refractivity contribution in [1.82, 2.24) is 0 Å². The van der Waals surface area contributed by atoms with Gasteiger partial charge in [-0.25, -0.2) is 0 Å². The summed E-state index contributed by atoms with van der Waals surface area (Å²) >= 11 is 1.78. The van der Waals surface area contributed by atoms with E-state index >= 15 is 0 Å². The maximum atomic E-state index is 12.1. The van der Waals surface area contributed by atoms with Crippen molar-refractivity contribution in [3.05, 3.63) is 29.8 Å². The first-order valence-corrected chi connectivity index (χ1v) is 7.60. The second-order valence-corrected chi connectivity index (χ2v) is 6.51. The van der Waals surface area contributed by atoms with Crippen molar-refractivity contribution in [1.29, 1.82) is 5.26 Å². The maximum Gasteiger partial charge on any atom is 0.237 e. The lowest BCUT2D eigenvalue weighted by molar-refractivity contribution is -0.115. The molecule has 2 rings (SSSR count). The second kappa shape index (κ2) is 6.63. The van der Waals surface area contributed by atoms with Crippen LogP contribution in [0.1, 0.15) is 38.2 Å². The van der Waals surface area contributed by atoms with E-state index < -0.39 is 0 Å². The molecule has 1 unspecified atom stereocenters. The lowest BCUT2D eigenvalue weighted by atomic mass is 10.2. The van der Waals surface area contributed by atoms with Crippen LogP contribution in [-0.4, -0.2) is 16.4 Å². The fourth-order valence-electron chi connectivity index (χ4n) is 2.25. The molecule has 1 fully saturated rings. The van der Waals surface area contributed by atoms with Crippen LogP contribution in [-0.2, 0) is 4.79 Å². The molecule has 1 atom stereocenters. The lowest BCUT2D eigenvalue weighted by Crippen LogP contribution is -2.24. The van der Waals surface area contributed by atoms with Crippen LogP contribution >= 0.6 is 11.8 Å². The molecule has 100 valence electrons. The molecule has 3 nitrogen and oxygen atoms in total. The van der Waals surface area contributed by atoms with Gasteiger partial charge in [0, 0.05) is 10.9 Å². The SMILES string of the molecule is CC(SC1CCCC1)C(=O)Nc1ccc(C#N)cc1. The lowest BCUT2D eigenvalue weighted by Gasteiger charge is -2.16. The number of benzene rings is 1. The first-order valence-electron chi connectivity index (χ1n) is 6.65. The van der Waals surface area contributed by atoms with Crippen molar-refractivity contribution in [2.24, 2.45) is 0 Å². The number of hydrogen-bond acceptors (Lipinski definition) is 3. The molecule has 1 aromatic rings. The molecule has 4 heteroatoms. The maximum absolute atomic E-state index is 12.1. The Hall–Kier alpha value is -1.47. The molecule has 0 bridgehead atoms. The van der Waals surface area contributed by atoms with Crippen molar-refractivity contribution >= 4 is 23.4 Å². The van der Waals surface area contributed by atoms with Crippen molar-refractivity contribution in [2.75, 3.05) is 5.32 Å². The van der Waals surface area contributed by atoms with Crippen molar-refractivity contribution in [3.8, 4) is 6.07 Å². The average Bonchev–Trinajstić information content (AvgIpc) is 2.92. The van der Waals surface area contributed by atoms with Gasteiger partial charge in [0.05, 0.1) is 16.9 Å². The molecule has 0 saturated heterocycles. The number of rotatable bonds is 4. The highest BCUT2D eigenvalue weighted by atomic mass is 32.2. The average molecular weight is 274 g/mol. The fraction of sp³-hybridized carbons (Fsp3) is 0.467. The van der Waals surface area contributed by atoms with Crippen molar-refractivity contribution in [3.63, 3.8) is 0 Å². The topological polar surface area (TPSA) is 52.9 Å². The summed E-state index contributed by atoms with van der Waals surface area (Å²) < 4.78 is 0. The molecular weight excluding hydrogens is 256 g/mol. The van der Waals surface area contributed by atoms with E-state index in [9.17, 15) is 4.79 Å². The van der Waals surface area contributed by atoms with Crippen LogP contribution < -0.4 is 5.32 Å². The van der Waals surface area contributed by atoms with E-state index in [4.69, 9.17) is 5.26 Å². The minimum atomic E-state index is -0.0289. The van der Waals surface area contributed by atoms with Crippen LogP contribution in [0.5, 0.6) is 0 Å². The third-order valence-electron chi connectivity index (χ3n) is 3.35. The van der Waals surface area contributed by atoms with E-state index in [0.717, 1.165) is 5.69 Å². The monoisotopic (exact) mass is 274 g/mol. The van der Waals surface area contributed by atoms with E-state index in [-0.39, 0.29) is 11.2 Å². The molecule has 0 heterocycles. The normalized spacial score (nSPS) is 16.8. The van der Waals surface area contributed by atoms with E-state index in [1.807, 2.05) is 6.92 Å². The Bertz CT molecular complexity index is 472. The summed E-state index contributed by atoms with van der Waals surface area (Å²) in [5.74, 6) is 0.0432. The Kier molecular flexibility index (Phi) is 4.86. The molecule has 0 spiro atoms. The van der Waals surface area contributed by atoms with Gasteiger partial charge in [-0.15, -0.1) is 11.8 Å². The number of nitrogens with one attached hydrogen (secondary N) is 1. The highest BCUT2D eigenvalue weighted by Crippen LogP contribution is 2.32. The summed E-state index contributed by atoms with van der Waals surface area (Å²) in [4.78, 5) is 12.1. The van der Waals surface area contributed by atoms with Gasteiger partial charge >= 0.3 is 0 Å². The standard InChI is InChI=1S/C15H18N2OS/c1-11(19-14-4-2-3-5-14)15(18)17-13-8-6-12(10-16)7-9-13/h6-9,11,14H,2-5H2,1H3,(H,17,18). The number of nitriles is 1. The minimum absolute atomic E-state index is 0.0289. The zero-order chi connectivity index (χ0) is 13.7. The van der Waals surface area contributed by atoms with Gasteiger partial charge in [-0.2, -0.15) is 5.26 Å². The first-order chi connectivity index (χ1) is 9.19. The number of hydrogen-bond donors (Lipinski definition) is 1. The van der Waals surface area contributed by atoms with E-state index in [1.165, 1.54) is 25.7 Å². The third-order valence-corrected chi connectivity index (χ3v) is 4.83. The number of thioether (sulfide) groups is 1. The van der Waals surface area contributed by atoms with Crippen LogP contribution in [0.3, 0.4) is 0 Å². The zero-order valence-electron chi connectivity index (χ0n) is 11.1. The number of amides is 1. The number of carbonyl (C=O) groups is 1. The molecule has 1 aliphatic carbocycles. The third kappa shape index (κ3) is 4.00. The molecule has 1 aromatic carbocycles. The van der Waals surface area contributed by atoms with Gasteiger partial charge in [-0.1, -0.05) is 12.8 Å². The summed E-state index contributed by atoms with van der Waals surface area (Å²) in [5.41, 5.74) is 1.36. The van der Waals surface area contributed by atoms with Gasteiger partial charge in [0.1, 0.15) is 0 Å². The summed E-state index contributed by atoms with van der Waals surface area (Å²) in [5, 5.41) is 12.2. The van der Waals surface area contributed by atoms with E-state index in [1.54, 1.807) is 36.0 Å². The Morgan fingerprint density at radius 2 is 2.00 bits per heavy atom. The van der Waals surface area contributed by atoms with Crippen LogP contribution in [0, 0.1) is 11.3 Å². The molecule has 0 radical (unpaired) electrons. The molecule has 1 saturated carbocycles. The van der Waals surface area contributed by atoms with Gasteiger partial charge in [-0.05, 0) is 44.0 Å². The molecule has 1 amide bonds. The van der Waals surface area contributed by atoms with Gasteiger partial charge in [0.15, 0.2) is 0 Å². The summed E-state index contributed by atoms with van der Waals surface area (Å²) in [6, 6.07) is 9.02. The Morgan fingerprint density at radius 3 is 2.58 bits per heavy atom. The van der Waals surface area contributed by atoms with Gasteiger partial charge in [0.25, 0.3) is 0 Å². The first kappa shape index (κ1) is 14.0. The quantitative estimate of drug-likeness (QED) is 0.913. The molecular formula is C15H18N2OS. The molecule has 1 N–H and O–H groups in total. The van der Waals surface area contributed by atoms with Crippen LogP contribution in [0.4, 0.5) is 5.69 Å². The van der Waals surface area contributed by atoms with Crippen LogP contribution in [0.15, 0.2) is 24.3 Å². The van der Waals surface area contributed by atoms with Crippen molar-refractivity contribution in [2.45, 2.75) is 43.1 Å². The minimum Gasteiger partial charge on any atom is -0.325 e. The number of anilines is 1. The Morgan fingerprint density at radius 1 is 1.37 bits per heavy atom. The largest absolute Gasteiger partial charge is 0.325 e. The smallest absolute Gasteiger partial charge is 0.237 e.